The van der Waals surface area contributed by atoms with Gasteiger partial charge in [0.25, 0.3) is 0 Å². The Labute approximate surface area is 129 Å². The van der Waals surface area contributed by atoms with Gasteiger partial charge in [0.2, 0.25) is 15.0 Å². The van der Waals surface area contributed by atoms with Gasteiger partial charge in [0.15, 0.2) is 0 Å². The lowest BCUT2D eigenvalue weighted by molar-refractivity contribution is -0.117. The molecule has 0 aliphatic carbocycles. The average molecular weight is 363 g/mol. The summed E-state index contributed by atoms with van der Waals surface area (Å²) in [6, 6.07) is 2.82. The van der Waals surface area contributed by atoms with Crippen LogP contribution < -0.4 is 4.90 Å². The number of carbonyl (C=O) groups excluding carboxylic acids is 1. The Morgan fingerprint density at radius 2 is 1.68 bits per heavy atom. The summed E-state index contributed by atoms with van der Waals surface area (Å²) in [6.07, 6.45) is -0.178. The van der Waals surface area contributed by atoms with Gasteiger partial charge in [-0.3, -0.25) is 4.79 Å². The SMILES string of the molecule is O=C1CC(S(=O)(=O)Cl)CN1c1cc(Cl)c(Cl)cc1Cl. The minimum atomic E-state index is -3.80. The van der Waals surface area contributed by atoms with Crippen molar-refractivity contribution in [1.82, 2.24) is 0 Å². The van der Waals surface area contributed by atoms with Crippen molar-refractivity contribution in [1.29, 1.82) is 0 Å². The lowest BCUT2D eigenvalue weighted by Gasteiger charge is -2.18. The molecule has 2 rings (SSSR count). The van der Waals surface area contributed by atoms with Crippen LogP contribution in [0.25, 0.3) is 0 Å². The molecule has 4 nitrogen and oxygen atoms in total. The van der Waals surface area contributed by atoms with E-state index in [9.17, 15) is 13.2 Å². The van der Waals surface area contributed by atoms with Gasteiger partial charge in [0.1, 0.15) is 5.25 Å². The van der Waals surface area contributed by atoms with Crippen LogP contribution in [0, 0.1) is 0 Å². The van der Waals surface area contributed by atoms with E-state index in [-0.39, 0.29) is 33.9 Å². The largest absolute Gasteiger partial charge is 0.309 e. The first-order valence-electron chi connectivity index (χ1n) is 5.08. The molecule has 1 atom stereocenters. The van der Waals surface area contributed by atoms with Gasteiger partial charge >= 0.3 is 0 Å². The molecule has 1 saturated heterocycles. The van der Waals surface area contributed by atoms with Gasteiger partial charge in [-0.2, -0.15) is 0 Å². The Morgan fingerprint density at radius 3 is 2.21 bits per heavy atom. The predicted molar refractivity (Wildman–Crippen MR) is 77.0 cm³/mol. The maximum Gasteiger partial charge on any atom is 0.237 e. The summed E-state index contributed by atoms with van der Waals surface area (Å²) in [7, 11) is 1.47. The summed E-state index contributed by atoms with van der Waals surface area (Å²) < 4.78 is 22.5. The molecule has 1 aliphatic heterocycles. The van der Waals surface area contributed by atoms with Crippen molar-refractivity contribution >= 4 is 66.1 Å². The molecule has 1 aliphatic rings. The molecule has 0 aromatic heterocycles. The van der Waals surface area contributed by atoms with E-state index in [1.807, 2.05) is 0 Å². The van der Waals surface area contributed by atoms with E-state index < -0.39 is 14.3 Å². The second kappa shape index (κ2) is 5.30. The lowest BCUT2D eigenvalue weighted by Crippen LogP contribution is -2.27. The van der Waals surface area contributed by atoms with E-state index in [1.54, 1.807) is 0 Å². The zero-order chi connectivity index (χ0) is 14.4. The second-order valence-electron chi connectivity index (χ2n) is 4.02. The fourth-order valence-electron chi connectivity index (χ4n) is 1.82. The summed E-state index contributed by atoms with van der Waals surface area (Å²) in [5.74, 6) is -0.380. The molecule has 1 fully saturated rings. The van der Waals surface area contributed by atoms with E-state index in [2.05, 4.69) is 0 Å². The monoisotopic (exact) mass is 361 g/mol. The van der Waals surface area contributed by atoms with Gasteiger partial charge in [-0.15, -0.1) is 0 Å². The molecule has 0 N–H and O–H groups in total. The number of halogens is 4. The third-order valence-corrected chi connectivity index (χ3v) is 5.66. The fraction of sp³-hybridized carbons (Fsp3) is 0.300. The molecule has 0 radical (unpaired) electrons. The van der Waals surface area contributed by atoms with E-state index in [0.29, 0.717) is 5.69 Å². The van der Waals surface area contributed by atoms with Crippen molar-refractivity contribution in [2.45, 2.75) is 11.7 Å². The third-order valence-electron chi connectivity index (χ3n) is 2.77. The Kier molecular flexibility index (Phi) is 4.23. The summed E-state index contributed by atoms with van der Waals surface area (Å²) >= 11 is 17.6. The number of amides is 1. The van der Waals surface area contributed by atoms with Crippen molar-refractivity contribution in [3.8, 4) is 0 Å². The highest BCUT2D eigenvalue weighted by molar-refractivity contribution is 8.14. The molecule has 19 heavy (non-hydrogen) atoms. The summed E-state index contributed by atoms with van der Waals surface area (Å²) in [5, 5.41) is -0.253. The molecule has 1 unspecified atom stereocenters. The van der Waals surface area contributed by atoms with Crippen LogP contribution in [-0.4, -0.2) is 26.1 Å². The Morgan fingerprint density at radius 1 is 1.11 bits per heavy atom. The first-order chi connectivity index (χ1) is 8.70. The Balaban J connectivity index is 2.39. The van der Waals surface area contributed by atoms with Crippen LogP contribution in [0.15, 0.2) is 12.1 Å². The summed E-state index contributed by atoms with van der Waals surface area (Å²) in [6.45, 7) is -0.0532. The highest BCUT2D eigenvalue weighted by Gasteiger charge is 2.38. The average Bonchev–Trinajstić information content (AvgIpc) is 2.65. The first kappa shape index (κ1) is 15.2. The predicted octanol–water partition coefficient (Wildman–Crippen LogP) is 3.32. The molecular weight excluding hydrogens is 356 g/mol. The molecular formula is C10H7Cl4NO3S. The van der Waals surface area contributed by atoms with Crippen LogP contribution in [0.1, 0.15) is 6.42 Å². The van der Waals surface area contributed by atoms with Crippen LogP contribution >= 0.6 is 45.5 Å². The molecule has 0 bridgehead atoms. The number of nitrogens with zero attached hydrogens (tertiary/aromatic N) is 1. The van der Waals surface area contributed by atoms with Crippen LogP contribution in [0.3, 0.4) is 0 Å². The maximum absolute atomic E-state index is 11.8. The van der Waals surface area contributed by atoms with Crippen LogP contribution in [0.5, 0.6) is 0 Å². The highest BCUT2D eigenvalue weighted by atomic mass is 35.7. The van der Waals surface area contributed by atoms with Crippen molar-refractivity contribution in [2.24, 2.45) is 0 Å². The van der Waals surface area contributed by atoms with E-state index >= 15 is 0 Å². The van der Waals surface area contributed by atoms with Crippen LogP contribution in [0.2, 0.25) is 15.1 Å². The molecule has 1 amide bonds. The van der Waals surface area contributed by atoms with Gasteiger partial charge in [-0.05, 0) is 12.1 Å². The van der Waals surface area contributed by atoms with Crippen LogP contribution in [-0.2, 0) is 13.8 Å². The Bertz CT molecular complexity index is 646. The molecule has 1 heterocycles. The van der Waals surface area contributed by atoms with Gasteiger partial charge in [-0.1, -0.05) is 34.8 Å². The minimum Gasteiger partial charge on any atom is -0.309 e. The minimum absolute atomic E-state index is 0.0532. The van der Waals surface area contributed by atoms with Crippen molar-refractivity contribution in [2.75, 3.05) is 11.4 Å². The van der Waals surface area contributed by atoms with Gasteiger partial charge in [-0.25, -0.2) is 8.42 Å². The summed E-state index contributed by atoms with van der Waals surface area (Å²) in [4.78, 5) is 13.1. The quantitative estimate of drug-likeness (QED) is 0.599. The number of hydrogen-bond donors (Lipinski definition) is 0. The van der Waals surface area contributed by atoms with Crippen molar-refractivity contribution in [3.63, 3.8) is 0 Å². The van der Waals surface area contributed by atoms with Crippen molar-refractivity contribution in [3.05, 3.63) is 27.2 Å². The highest BCUT2D eigenvalue weighted by Crippen LogP contribution is 2.37. The zero-order valence-corrected chi connectivity index (χ0v) is 13.1. The molecule has 0 spiro atoms. The number of carbonyl (C=O) groups is 1. The summed E-state index contributed by atoms with van der Waals surface area (Å²) in [5.41, 5.74) is 0.323. The second-order valence-corrected chi connectivity index (χ2v) is 8.15. The topological polar surface area (TPSA) is 54.5 Å². The van der Waals surface area contributed by atoms with Gasteiger partial charge < -0.3 is 4.90 Å². The van der Waals surface area contributed by atoms with Crippen LogP contribution in [0.4, 0.5) is 5.69 Å². The lowest BCUT2D eigenvalue weighted by atomic mass is 10.3. The van der Waals surface area contributed by atoms with E-state index in [1.165, 1.54) is 17.0 Å². The zero-order valence-electron chi connectivity index (χ0n) is 9.24. The fourth-order valence-corrected chi connectivity index (χ4v) is 3.49. The maximum atomic E-state index is 11.8. The normalized spacial score (nSPS) is 20.1. The molecule has 1 aromatic rings. The number of hydrogen-bond acceptors (Lipinski definition) is 3. The van der Waals surface area contributed by atoms with Gasteiger partial charge in [0.05, 0.1) is 20.8 Å². The number of benzene rings is 1. The smallest absolute Gasteiger partial charge is 0.237 e. The third kappa shape index (κ3) is 3.11. The number of anilines is 1. The number of rotatable bonds is 2. The molecule has 0 saturated carbocycles. The van der Waals surface area contributed by atoms with E-state index in [4.69, 9.17) is 45.5 Å². The van der Waals surface area contributed by atoms with E-state index in [0.717, 1.165) is 0 Å². The standard InChI is InChI=1S/C10H7Cl4NO3S/c11-6-2-8(13)9(3-7(6)12)15-4-5(1-10(15)16)19(14,17)18/h2-3,5H,1,4H2. The van der Waals surface area contributed by atoms with Crippen molar-refractivity contribution < 1.29 is 13.2 Å². The molecule has 9 heteroatoms. The van der Waals surface area contributed by atoms with Gasteiger partial charge in [0, 0.05) is 23.6 Å². The molecule has 104 valence electrons. The first-order valence-corrected chi connectivity index (χ1v) is 8.59. The molecule has 1 aromatic carbocycles. The Hall–Kier alpha value is -0.200.